The molecule has 1 fully saturated rings. The summed E-state index contributed by atoms with van der Waals surface area (Å²) in [7, 11) is 0. The van der Waals surface area contributed by atoms with E-state index in [9.17, 15) is 13.2 Å². The van der Waals surface area contributed by atoms with Crippen LogP contribution in [-0.2, 0) is 0 Å². The third-order valence-electron chi connectivity index (χ3n) is 8.01. The van der Waals surface area contributed by atoms with Gasteiger partial charge in [0.15, 0.2) is 5.65 Å². The number of aromatic nitrogens is 5. The Morgan fingerprint density at radius 2 is 1.83 bits per heavy atom. The first-order valence-electron chi connectivity index (χ1n) is 13.0. The second-order valence-corrected chi connectivity index (χ2v) is 10.7. The lowest BCUT2D eigenvalue weighted by molar-refractivity contribution is -0.136. The van der Waals surface area contributed by atoms with Crippen LogP contribution in [0.15, 0.2) is 24.7 Å². The molecule has 0 spiro atoms. The predicted molar refractivity (Wildman–Crippen MR) is 136 cm³/mol. The van der Waals surface area contributed by atoms with E-state index in [0.717, 1.165) is 64.9 Å². The number of rotatable bonds is 6. The van der Waals surface area contributed by atoms with Crippen molar-refractivity contribution >= 4 is 16.7 Å². The number of fused-ring (bicyclic) bond motifs is 2. The van der Waals surface area contributed by atoms with Gasteiger partial charge in [-0.05, 0) is 81.0 Å². The molecule has 0 aromatic carbocycles. The number of halogens is 3. The van der Waals surface area contributed by atoms with Gasteiger partial charge in [0.1, 0.15) is 6.33 Å². The summed E-state index contributed by atoms with van der Waals surface area (Å²) in [6.45, 7) is 8.60. The quantitative estimate of drug-likeness (QED) is 0.293. The van der Waals surface area contributed by atoms with Crippen molar-refractivity contribution < 1.29 is 13.2 Å². The lowest BCUT2D eigenvalue weighted by Crippen LogP contribution is -2.15. The van der Waals surface area contributed by atoms with Crippen molar-refractivity contribution in [3.63, 3.8) is 0 Å². The minimum absolute atomic E-state index is 0.242. The van der Waals surface area contributed by atoms with Crippen LogP contribution in [0.3, 0.4) is 0 Å². The molecule has 0 atom stereocenters. The molecule has 1 N–H and O–H groups in total. The van der Waals surface area contributed by atoms with Crippen LogP contribution in [0.4, 0.5) is 13.2 Å². The zero-order valence-corrected chi connectivity index (χ0v) is 21.4. The Balaban J connectivity index is 1.42. The third-order valence-corrected chi connectivity index (χ3v) is 8.01. The van der Waals surface area contributed by atoms with Gasteiger partial charge < -0.3 is 4.98 Å². The van der Waals surface area contributed by atoms with E-state index in [1.165, 1.54) is 11.1 Å². The van der Waals surface area contributed by atoms with Crippen LogP contribution in [0.2, 0.25) is 0 Å². The van der Waals surface area contributed by atoms with E-state index >= 15 is 0 Å². The maximum Gasteiger partial charge on any atom is 0.389 e. The maximum atomic E-state index is 12.5. The molecular formula is C28H34F3N5. The number of aromatic amines is 1. The minimum Gasteiger partial charge on any atom is -0.353 e. The van der Waals surface area contributed by atoms with E-state index in [0.29, 0.717) is 18.3 Å². The number of nitrogens with zero attached hydrogens (tertiary/aromatic N) is 4. The number of pyridine rings is 2. The molecule has 5 rings (SSSR count). The molecule has 1 saturated carbocycles. The molecule has 0 unspecified atom stereocenters. The Hall–Kier alpha value is -2.90. The van der Waals surface area contributed by atoms with Gasteiger partial charge in [-0.3, -0.25) is 4.98 Å². The van der Waals surface area contributed by atoms with E-state index < -0.39 is 12.6 Å². The molecular weight excluding hydrogens is 463 g/mol. The van der Waals surface area contributed by atoms with Crippen LogP contribution in [0.1, 0.15) is 93.0 Å². The Bertz CT molecular complexity index is 1370. The van der Waals surface area contributed by atoms with Gasteiger partial charge in [-0.2, -0.15) is 18.3 Å². The second-order valence-electron chi connectivity index (χ2n) is 10.7. The summed E-state index contributed by atoms with van der Waals surface area (Å²) < 4.78 is 39.3. The van der Waals surface area contributed by atoms with Crippen molar-refractivity contribution in [2.75, 3.05) is 0 Å². The van der Waals surface area contributed by atoms with Gasteiger partial charge in [-0.25, -0.2) is 9.50 Å². The van der Waals surface area contributed by atoms with Crippen LogP contribution in [0, 0.1) is 19.8 Å². The average Bonchev–Trinajstić information content (AvgIpc) is 3.45. The van der Waals surface area contributed by atoms with Crippen LogP contribution in [0.25, 0.3) is 27.9 Å². The molecule has 0 bridgehead atoms. The topological polar surface area (TPSA) is 58.9 Å². The van der Waals surface area contributed by atoms with E-state index in [-0.39, 0.29) is 12.3 Å². The van der Waals surface area contributed by atoms with E-state index in [1.54, 1.807) is 6.33 Å². The van der Waals surface area contributed by atoms with Crippen molar-refractivity contribution in [3.05, 3.63) is 47.0 Å². The van der Waals surface area contributed by atoms with Gasteiger partial charge in [-0.1, -0.05) is 20.3 Å². The first-order valence-corrected chi connectivity index (χ1v) is 13.0. The largest absolute Gasteiger partial charge is 0.389 e. The summed E-state index contributed by atoms with van der Waals surface area (Å²) in [5.74, 6) is 1.03. The number of nitrogens with one attached hydrogen (secondary N) is 1. The predicted octanol–water partition coefficient (Wildman–Crippen LogP) is 8.02. The van der Waals surface area contributed by atoms with Crippen LogP contribution in [0.5, 0.6) is 0 Å². The lowest BCUT2D eigenvalue weighted by atomic mass is 9.78. The van der Waals surface area contributed by atoms with Gasteiger partial charge in [0.2, 0.25) is 0 Å². The number of hydrogen-bond acceptors (Lipinski definition) is 3. The zero-order valence-electron chi connectivity index (χ0n) is 21.4. The molecule has 4 aromatic rings. The summed E-state index contributed by atoms with van der Waals surface area (Å²) in [6.07, 6.45) is 3.78. The fourth-order valence-corrected chi connectivity index (χ4v) is 5.89. The molecule has 4 aromatic heterocycles. The molecule has 1 aliphatic rings. The van der Waals surface area contributed by atoms with Crippen molar-refractivity contribution in [2.45, 2.75) is 90.7 Å². The highest BCUT2D eigenvalue weighted by Gasteiger charge is 2.29. The molecule has 192 valence electrons. The van der Waals surface area contributed by atoms with Crippen LogP contribution in [-0.4, -0.2) is 30.7 Å². The Labute approximate surface area is 209 Å². The van der Waals surface area contributed by atoms with Gasteiger partial charge >= 0.3 is 6.18 Å². The summed E-state index contributed by atoms with van der Waals surface area (Å²) in [4.78, 5) is 13.2. The SMILES string of the molecule is Cc1c(-c2[nH]c3ccc(C4CCC(CCCC(F)(F)F)CC4)nc3c2C(C)C)cn2ncnc2c1C. The first kappa shape index (κ1) is 24.8. The highest BCUT2D eigenvalue weighted by atomic mass is 19.4. The van der Waals surface area contributed by atoms with E-state index in [2.05, 4.69) is 54.9 Å². The molecule has 4 heterocycles. The van der Waals surface area contributed by atoms with Crippen LogP contribution >= 0.6 is 0 Å². The molecule has 0 saturated heterocycles. The summed E-state index contributed by atoms with van der Waals surface area (Å²) in [5.41, 5.74) is 9.68. The molecule has 0 radical (unpaired) electrons. The van der Waals surface area contributed by atoms with E-state index in [1.807, 2.05) is 10.7 Å². The lowest BCUT2D eigenvalue weighted by Gasteiger charge is -2.28. The fourth-order valence-electron chi connectivity index (χ4n) is 5.89. The summed E-state index contributed by atoms with van der Waals surface area (Å²) in [6, 6.07) is 4.26. The van der Waals surface area contributed by atoms with Gasteiger partial charge in [-0.15, -0.1) is 0 Å². The fraction of sp³-hybridized carbons (Fsp3) is 0.536. The Kier molecular flexibility index (Phi) is 6.55. The average molecular weight is 498 g/mol. The zero-order chi connectivity index (χ0) is 25.6. The third kappa shape index (κ3) is 4.74. The molecule has 0 amide bonds. The van der Waals surface area contributed by atoms with Crippen molar-refractivity contribution in [2.24, 2.45) is 5.92 Å². The Morgan fingerprint density at radius 3 is 2.53 bits per heavy atom. The van der Waals surface area contributed by atoms with E-state index in [4.69, 9.17) is 4.98 Å². The van der Waals surface area contributed by atoms with Crippen LogP contribution < -0.4 is 0 Å². The number of hydrogen-bond donors (Lipinski definition) is 1. The number of aryl methyl sites for hydroxylation is 1. The highest BCUT2D eigenvalue weighted by molar-refractivity contribution is 5.89. The highest BCUT2D eigenvalue weighted by Crippen LogP contribution is 2.41. The summed E-state index contributed by atoms with van der Waals surface area (Å²) >= 11 is 0. The smallest absolute Gasteiger partial charge is 0.353 e. The molecule has 5 nitrogen and oxygen atoms in total. The molecule has 1 aliphatic carbocycles. The van der Waals surface area contributed by atoms with Crippen molar-refractivity contribution in [1.29, 1.82) is 0 Å². The summed E-state index contributed by atoms with van der Waals surface area (Å²) in [5, 5.41) is 4.37. The second kappa shape index (κ2) is 9.52. The monoisotopic (exact) mass is 497 g/mol. The first-order chi connectivity index (χ1) is 17.1. The molecule has 8 heteroatoms. The van der Waals surface area contributed by atoms with Gasteiger partial charge in [0, 0.05) is 35.4 Å². The van der Waals surface area contributed by atoms with Crippen molar-refractivity contribution in [1.82, 2.24) is 24.6 Å². The number of H-pyrrole nitrogens is 1. The van der Waals surface area contributed by atoms with Gasteiger partial charge in [0.05, 0.1) is 16.7 Å². The van der Waals surface area contributed by atoms with Crippen molar-refractivity contribution in [3.8, 4) is 11.3 Å². The molecule has 36 heavy (non-hydrogen) atoms. The number of alkyl halides is 3. The minimum atomic E-state index is -4.04. The Morgan fingerprint density at radius 1 is 1.08 bits per heavy atom. The van der Waals surface area contributed by atoms with Gasteiger partial charge in [0.25, 0.3) is 0 Å². The molecule has 0 aliphatic heterocycles. The normalized spacial score (nSPS) is 19.1. The standard InChI is InChI=1S/C28H34F3N5/c1-16(2)24-25(21-14-36-27(32-15-33-36)18(4)17(21)3)35-23-12-11-22(34-26(23)24)20-9-7-19(8-10-20)6-5-13-28(29,30)31/h11-12,14-16,19-20,35H,5-10,13H2,1-4H3. The maximum absolute atomic E-state index is 12.5.